The first-order valence-corrected chi connectivity index (χ1v) is 8.26. The van der Waals surface area contributed by atoms with Crippen molar-refractivity contribution in [3.8, 4) is 5.88 Å². The minimum Gasteiger partial charge on any atom is -0.478 e. The van der Waals surface area contributed by atoms with E-state index in [4.69, 9.17) is 4.74 Å². The first kappa shape index (κ1) is 18.0. The summed E-state index contributed by atoms with van der Waals surface area (Å²) in [6.45, 7) is 10.4. The lowest BCUT2D eigenvalue weighted by Gasteiger charge is -2.20. The van der Waals surface area contributed by atoms with Gasteiger partial charge in [-0.15, -0.1) is 0 Å². The largest absolute Gasteiger partial charge is 0.478 e. The summed E-state index contributed by atoms with van der Waals surface area (Å²) in [5, 5.41) is 3.20. The predicted octanol–water partition coefficient (Wildman–Crippen LogP) is 4.45. The molecule has 0 fully saturated rings. The van der Waals surface area contributed by atoms with Crippen LogP contribution in [0.2, 0.25) is 0 Å². The number of unbranched alkanes of at least 4 members (excludes halogenated alkanes) is 4. The fourth-order valence-corrected chi connectivity index (χ4v) is 2.21. The standard InChI is InChI=1S/C18H32N2O/c1-6-7-8-9-10-11-21-17-13-15(14-19-5)12-16(20-17)18(2,3)4/h12-13,19H,6-11,14H2,1-5H3. The van der Waals surface area contributed by atoms with Crippen LogP contribution in [0.15, 0.2) is 12.1 Å². The van der Waals surface area contributed by atoms with Crippen molar-refractivity contribution in [2.75, 3.05) is 13.7 Å². The van der Waals surface area contributed by atoms with Gasteiger partial charge >= 0.3 is 0 Å². The molecular weight excluding hydrogens is 260 g/mol. The van der Waals surface area contributed by atoms with Crippen molar-refractivity contribution in [1.29, 1.82) is 0 Å². The molecule has 1 aromatic rings. The highest BCUT2D eigenvalue weighted by molar-refractivity contribution is 5.28. The van der Waals surface area contributed by atoms with Gasteiger partial charge in [0.25, 0.3) is 0 Å². The Kier molecular flexibility index (Phi) is 7.73. The highest BCUT2D eigenvalue weighted by Crippen LogP contribution is 2.24. The Morgan fingerprint density at radius 1 is 1.10 bits per heavy atom. The van der Waals surface area contributed by atoms with E-state index >= 15 is 0 Å². The monoisotopic (exact) mass is 292 g/mol. The molecule has 120 valence electrons. The van der Waals surface area contributed by atoms with Gasteiger partial charge in [0, 0.05) is 18.0 Å². The average Bonchev–Trinajstić information content (AvgIpc) is 2.42. The predicted molar refractivity (Wildman–Crippen MR) is 90.0 cm³/mol. The van der Waals surface area contributed by atoms with Gasteiger partial charge in [-0.05, 0) is 25.1 Å². The number of nitrogens with one attached hydrogen (secondary N) is 1. The van der Waals surface area contributed by atoms with Crippen molar-refractivity contribution < 1.29 is 4.74 Å². The Hall–Kier alpha value is -1.09. The van der Waals surface area contributed by atoms with Crippen molar-refractivity contribution in [3.05, 3.63) is 23.4 Å². The molecule has 0 radical (unpaired) electrons. The number of nitrogens with zero attached hydrogens (tertiary/aromatic N) is 1. The summed E-state index contributed by atoms with van der Waals surface area (Å²) in [4.78, 5) is 4.67. The van der Waals surface area contributed by atoms with Crippen LogP contribution in [-0.4, -0.2) is 18.6 Å². The van der Waals surface area contributed by atoms with E-state index in [0.29, 0.717) is 0 Å². The second kappa shape index (κ2) is 9.04. The molecule has 0 spiro atoms. The molecule has 3 heteroatoms. The van der Waals surface area contributed by atoms with Crippen LogP contribution in [0, 0.1) is 0 Å². The quantitative estimate of drug-likeness (QED) is 0.683. The van der Waals surface area contributed by atoms with Gasteiger partial charge in [-0.2, -0.15) is 0 Å². The molecule has 0 aliphatic heterocycles. The minimum absolute atomic E-state index is 0.0446. The van der Waals surface area contributed by atoms with E-state index in [2.05, 4.69) is 50.1 Å². The molecule has 0 aliphatic carbocycles. The molecule has 0 atom stereocenters. The first-order chi connectivity index (χ1) is 9.97. The summed E-state index contributed by atoms with van der Waals surface area (Å²) in [6, 6.07) is 4.22. The molecule has 0 saturated carbocycles. The van der Waals surface area contributed by atoms with Gasteiger partial charge in [-0.1, -0.05) is 53.4 Å². The van der Waals surface area contributed by atoms with E-state index in [1.807, 2.05) is 7.05 Å². The van der Waals surface area contributed by atoms with E-state index in [-0.39, 0.29) is 5.41 Å². The molecule has 0 aliphatic rings. The van der Waals surface area contributed by atoms with Crippen LogP contribution < -0.4 is 10.1 Å². The normalized spacial score (nSPS) is 11.7. The van der Waals surface area contributed by atoms with E-state index in [0.717, 1.165) is 31.1 Å². The third-order valence-corrected chi connectivity index (χ3v) is 3.51. The Labute approximate surface area is 130 Å². The lowest BCUT2D eigenvalue weighted by Crippen LogP contribution is -2.16. The van der Waals surface area contributed by atoms with Gasteiger partial charge in [-0.3, -0.25) is 0 Å². The molecule has 0 saturated heterocycles. The highest BCUT2D eigenvalue weighted by atomic mass is 16.5. The van der Waals surface area contributed by atoms with Gasteiger partial charge in [-0.25, -0.2) is 4.98 Å². The Balaban J connectivity index is 2.61. The molecule has 1 heterocycles. The maximum Gasteiger partial charge on any atom is 0.213 e. The summed E-state index contributed by atoms with van der Waals surface area (Å²) in [6.07, 6.45) is 6.27. The van der Waals surface area contributed by atoms with E-state index in [9.17, 15) is 0 Å². The molecule has 0 amide bonds. The zero-order valence-corrected chi connectivity index (χ0v) is 14.5. The van der Waals surface area contributed by atoms with Gasteiger partial charge in [0.1, 0.15) is 0 Å². The Morgan fingerprint density at radius 3 is 2.43 bits per heavy atom. The van der Waals surface area contributed by atoms with Crippen molar-refractivity contribution in [3.63, 3.8) is 0 Å². The van der Waals surface area contributed by atoms with E-state index < -0.39 is 0 Å². The van der Waals surface area contributed by atoms with Crippen molar-refractivity contribution in [2.24, 2.45) is 0 Å². The molecule has 3 nitrogen and oxygen atoms in total. The number of ether oxygens (including phenoxy) is 1. The number of hydrogen-bond donors (Lipinski definition) is 1. The summed E-state index contributed by atoms with van der Waals surface area (Å²) >= 11 is 0. The number of hydrogen-bond acceptors (Lipinski definition) is 3. The molecule has 1 rings (SSSR count). The smallest absolute Gasteiger partial charge is 0.213 e. The van der Waals surface area contributed by atoms with Gasteiger partial charge < -0.3 is 10.1 Å². The maximum absolute atomic E-state index is 5.87. The van der Waals surface area contributed by atoms with E-state index in [1.165, 1.54) is 31.2 Å². The lowest BCUT2D eigenvalue weighted by molar-refractivity contribution is 0.290. The molecule has 1 N–H and O–H groups in total. The third-order valence-electron chi connectivity index (χ3n) is 3.51. The molecule has 0 unspecified atom stereocenters. The van der Waals surface area contributed by atoms with E-state index in [1.54, 1.807) is 0 Å². The maximum atomic E-state index is 5.87. The van der Waals surface area contributed by atoms with Crippen LogP contribution >= 0.6 is 0 Å². The third kappa shape index (κ3) is 6.94. The zero-order valence-electron chi connectivity index (χ0n) is 14.5. The summed E-state index contributed by atoms with van der Waals surface area (Å²) in [5.41, 5.74) is 2.37. The van der Waals surface area contributed by atoms with Gasteiger partial charge in [0.15, 0.2) is 0 Å². The van der Waals surface area contributed by atoms with Crippen LogP contribution in [0.1, 0.15) is 71.1 Å². The lowest BCUT2D eigenvalue weighted by atomic mass is 9.91. The van der Waals surface area contributed by atoms with Crippen molar-refractivity contribution in [1.82, 2.24) is 10.3 Å². The molecule has 0 aromatic carbocycles. The summed E-state index contributed by atoms with van der Waals surface area (Å²) in [5.74, 6) is 0.767. The van der Waals surface area contributed by atoms with Crippen molar-refractivity contribution in [2.45, 2.75) is 71.8 Å². The second-order valence-electron chi connectivity index (χ2n) is 6.74. The SMILES string of the molecule is CCCCCCCOc1cc(CNC)cc(C(C)(C)C)n1. The van der Waals surface area contributed by atoms with Crippen LogP contribution in [0.25, 0.3) is 0 Å². The van der Waals surface area contributed by atoms with Crippen LogP contribution in [0.4, 0.5) is 0 Å². The first-order valence-electron chi connectivity index (χ1n) is 8.26. The van der Waals surface area contributed by atoms with Crippen molar-refractivity contribution >= 4 is 0 Å². The second-order valence-corrected chi connectivity index (χ2v) is 6.74. The summed E-state index contributed by atoms with van der Waals surface area (Å²) < 4.78 is 5.87. The van der Waals surface area contributed by atoms with Gasteiger partial charge in [0.2, 0.25) is 5.88 Å². The highest BCUT2D eigenvalue weighted by Gasteiger charge is 2.17. The molecular formula is C18H32N2O. The van der Waals surface area contributed by atoms with Crippen LogP contribution in [-0.2, 0) is 12.0 Å². The number of pyridine rings is 1. The van der Waals surface area contributed by atoms with Crippen LogP contribution in [0.3, 0.4) is 0 Å². The average molecular weight is 292 g/mol. The zero-order chi connectivity index (χ0) is 15.7. The Bertz CT molecular complexity index is 410. The number of aromatic nitrogens is 1. The molecule has 21 heavy (non-hydrogen) atoms. The van der Waals surface area contributed by atoms with Crippen LogP contribution in [0.5, 0.6) is 5.88 Å². The fraction of sp³-hybridized carbons (Fsp3) is 0.722. The Morgan fingerprint density at radius 2 is 1.81 bits per heavy atom. The van der Waals surface area contributed by atoms with Gasteiger partial charge in [0.05, 0.1) is 12.3 Å². The summed E-state index contributed by atoms with van der Waals surface area (Å²) in [7, 11) is 1.96. The number of rotatable bonds is 9. The molecule has 1 aromatic heterocycles. The topological polar surface area (TPSA) is 34.1 Å². The molecule has 0 bridgehead atoms. The fourth-order valence-electron chi connectivity index (χ4n) is 2.21. The minimum atomic E-state index is 0.0446.